The lowest BCUT2D eigenvalue weighted by molar-refractivity contribution is 0.00112. The molecular weight excluding hydrogens is 212 g/mol. The van der Waals surface area contributed by atoms with Gasteiger partial charge in [0, 0.05) is 19.7 Å². The highest BCUT2D eigenvalue weighted by Crippen LogP contribution is 2.26. The highest BCUT2D eigenvalue weighted by molar-refractivity contribution is 5.79. The minimum Gasteiger partial charge on any atom is -0.359 e. The number of guanidine groups is 1. The quantitative estimate of drug-likeness (QED) is 0.607. The fraction of sp³-hybridized carbons (Fsp3) is 0.364. The molecule has 0 aliphatic carbocycles. The third-order valence-electron chi connectivity index (χ3n) is 2.13. The van der Waals surface area contributed by atoms with Crippen LogP contribution in [-0.4, -0.2) is 26.6 Å². The van der Waals surface area contributed by atoms with Gasteiger partial charge in [0.25, 0.3) is 5.92 Å². The molecule has 1 aromatic rings. The summed E-state index contributed by atoms with van der Waals surface area (Å²) in [5.74, 6) is -2.57. The largest absolute Gasteiger partial charge is 0.359 e. The second-order valence-corrected chi connectivity index (χ2v) is 3.25. The molecule has 0 radical (unpaired) electrons. The van der Waals surface area contributed by atoms with Crippen LogP contribution in [0, 0.1) is 0 Å². The Kier molecular flexibility index (Phi) is 4.22. The first-order valence-corrected chi connectivity index (χ1v) is 4.92. The van der Waals surface area contributed by atoms with E-state index in [2.05, 4.69) is 15.6 Å². The first-order chi connectivity index (χ1) is 7.60. The third-order valence-corrected chi connectivity index (χ3v) is 2.13. The van der Waals surface area contributed by atoms with E-state index in [0.717, 1.165) is 0 Å². The van der Waals surface area contributed by atoms with Gasteiger partial charge in [-0.25, -0.2) is 0 Å². The van der Waals surface area contributed by atoms with Crippen molar-refractivity contribution < 1.29 is 8.78 Å². The summed E-state index contributed by atoms with van der Waals surface area (Å²) in [6.07, 6.45) is 0. The fourth-order valence-corrected chi connectivity index (χ4v) is 1.26. The van der Waals surface area contributed by atoms with Crippen LogP contribution >= 0.6 is 0 Å². The van der Waals surface area contributed by atoms with E-state index >= 15 is 0 Å². The summed E-state index contributed by atoms with van der Waals surface area (Å²) in [5.41, 5.74) is -0.00550. The zero-order chi connectivity index (χ0) is 12.0. The van der Waals surface area contributed by atoms with Crippen LogP contribution in [0.1, 0.15) is 5.56 Å². The highest BCUT2D eigenvalue weighted by atomic mass is 19.3. The smallest absolute Gasteiger partial charge is 0.290 e. The van der Waals surface area contributed by atoms with Crippen LogP contribution < -0.4 is 10.6 Å². The van der Waals surface area contributed by atoms with Crippen molar-refractivity contribution in [3.63, 3.8) is 0 Å². The number of rotatable bonds is 3. The molecule has 16 heavy (non-hydrogen) atoms. The molecule has 0 saturated carbocycles. The first-order valence-electron chi connectivity index (χ1n) is 4.92. The molecule has 0 atom stereocenters. The summed E-state index contributed by atoms with van der Waals surface area (Å²) >= 11 is 0. The third kappa shape index (κ3) is 3.18. The average molecular weight is 227 g/mol. The van der Waals surface area contributed by atoms with Crippen LogP contribution in [0.2, 0.25) is 0 Å². The molecule has 0 bridgehead atoms. The topological polar surface area (TPSA) is 36.4 Å². The number of hydrogen-bond acceptors (Lipinski definition) is 1. The van der Waals surface area contributed by atoms with E-state index in [1.165, 1.54) is 19.2 Å². The summed E-state index contributed by atoms with van der Waals surface area (Å²) in [6.45, 7) is -0.482. The molecule has 1 aromatic carbocycles. The molecule has 0 heterocycles. The van der Waals surface area contributed by atoms with Crippen molar-refractivity contribution in [2.75, 3.05) is 20.6 Å². The van der Waals surface area contributed by atoms with E-state index in [9.17, 15) is 8.78 Å². The Morgan fingerprint density at radius 2 is 1.94 bits per heavy atom. The van der Waals surface area contributed by atoms with E-state index in [1.54, 1.807) is 25.2 Å². The molecule has 0 aromatic heterocycles. The Hall–Kier alpha value is -1.65. The second kappa shape index (κ2) is 5.44. The van der Waals surface area contributed by atoms with Gasteiger partial charge in [0.15, 0.2) is 5.96 Å². The minimum atomic E-state index is -2.91. The van der Waals surface area contributed by atoms with Gasteiger partial charge in [-0.2, -0.15) is 8.78 Å². The van der Waals surface area contributed by atoms with Gasteiger partial charge in [0.2, 0.25) is 0 Å². The van der Waals surface area contributed by atoms with E-state index in [4.69, 9.17) is 0 Å². The summed E-state index contributed by atoms with van der Waals surface area (Å²) in [4.78, 5) is 3.76. The van der Waals surface area contributed by atoms with Crippen LogP contribution in [0.3, 0.4) is 0 Å². The molecular formula is C11H15F2N3. The molecule has 0 aliphatic rings. The van der Waals surface area contributed by atoms with Crippen LogP contribution in [0.25, 0.3) is 0 Å². The normalized spacial score (nSPS) is 12.4. The van der Waals surface area contributed by atoms with Crippen LogP contribution in [-0.2, 0) is 5.92 Å². The molecule has 0 aliphatic heterocycles. The molecule has 2 N–H and O–H groups in total. The number of nitrogens with zero attached hydrogens (tertiary/aromatic N) is 1. The van der Waals surface area contributed by atoms with Gasteiger partial charge in [-0.15, -0.1) is 0 Å². The molecule has 3 nitrogen and oxygen atoms in total. The maximum atomic E-state index is 13.6. The lowest BCUT2D eigenvalue weighted by atomic mass is 10.1. The molecule has 88 valence electrons. The van der Waals surface area contributed by atoms with E-state index in [0.29, 0.717) is 5.96 Å². The Morgan fingerprint density at radius 1 is 1.31 bits per heavy atom. The van der Waals surface area contributed by atoms with Gasteiger partial charge in [0.1, 0.15) is 0 Å². The van der Waals surface area contributed by atoms with Crippen molar-refractivity contribution in [1.82, 2.24) is 10.6 Å². The summed E-state index contributed by atoms with van der Waals surface area (Å²) in [6, 6.07) is 7.71. The molecule has 1 rings (SSSR count). The number of halogens is 2. The van der Waals surface area contributed by atoms with Crippen LogP contribution in [0.4, 0.5) is 8.78 Å². The molecule has 5 heteroatoms. The maximum Gasteiger partial charge on any atom is 0.290 e. The van der Waals surface area contributed by atoms with E-state index < -0.39 is 12.5 Å². The molecule has 0 saturated heterocycles. The predicted molar refractivity (Wildman–Crippen MR) is 60.8 cm³/mol. The van der Waals surface area contributed by atoms with Gasteiger partial charge in [-0.3, -0.25) is 4.99 Å². The number of nitrogens with one attached hydrogen (secondary N) is 2. The second-order valence-electron chi connectivity index (χ2n) is 3.25. The number of benzene rings is 1. The maximum absolute atomic E-state index is 13.6. The van der Waals surface area contributed by atoms with E-state index in [-0.39, 0.29) is 5.56 Å². The van der Waals surface area contributed by atoms with Gasteiger partial charge in [0.05, 0.1) is 6.54 Å². The standard InChI is InChI=1S/C11H15F2N3/c1-14-10(15-2)16-8-11(12,13)9-6-4-3-5-7-9/h3-7H,8H2,1-2H3,(H2,14,15,16). The Bertz CT molecular complexity index is 350. The highest BCUT2D eigenvalue weighted by Gasteiger charge is 2.31. The van der Waals surface area contributed by atoms with Crippen LogP contribution in [0.15, 0.2) is 35.3 Å². The molecule has 0 unspecified atom stereocenters. The lowest BCUT2D eigenvalue weighted by Gasteiger charge is -2.18. The Balaban J connectivity index is 2.66. The van der Waals surface area contributed by atoms with Crippen molar-refractivity contribution in [2.24, 2.45) is 4.99 Å². The van der Waals surface area contributed by atoms with Crippen LogP contribution in [0.5, 0.6) is 0 Å². The van der Waals surface area contributed by atoms with Gasteiger partial charge >= 0.3 is 0 Å². The zero-order valence-corrected chi connectivity index (χ0v) is 9.30. The zero-order valence-electron chi connectivity index (χ0n) is 9.30. The number of alkyl halides is 2. The lowest BCUT2D eigenvalue weighted by Crippen LogP contribution is -2.41. The van der Waals surface area contributed by atoms with Gasteiger partial charge in [-0.05, 0) is 0 Å². The predicted octanol–water partition coefficient (Wildman–Crippen LogP) is 1.57. The molecule has 0 fully saturated rings. The minimum absolute atomic E-state index is 0.00550. The summed E-state index contributed by atoms with van der Waals surface area (Å²) in [5, 5.41) is 5.23. The van der Waals surface area contributed by atoms with Crippen molar-refractivity contribution in [1.29, 1.82) is 0 Å². The molecule has 0 amide bonds. The van der Waals surface area contributed by atoms with Crippen molar-refractivity contribution in [3.8, 4) is 0 Å². The van der Waals surface area contributed by atoms with Crippen molar-refractivity contribution in [2.45, 2.75) is 5.92 Å². The fourth-order valence-electron chi connectivity index (χ4n) is 1.26. The monoisotopic (exact) mass is 227 g/mol. The Labute approximate surface area is 93.6 Å². The number of aliphatic imine (C=N–C) groups is 1. The molecule has 0 spiro atoms. The average Bonchev–Trinajstić information content (AvgIpc) is 2.31. The van der Waals surface area contributed by atoms with Crippen molar-refractivity contribution >= 4 is 5.96 Å². The van der Waals surface area contributed by atoms with E-state index in [1.807, 2.05) is 0 Å². The first kappa shape index (κ1) is 12.4. The van der Waals surface area contributed by atoms with Gasteiger partial charge in [-0.1, -0.05) is 30.3 Å². The summed E-state index contributed by atoms with van der Waals surface area (Å²) < 4.78 is 27.3. The number of hydrogen-bond donors (Lipinski definition) is 2. The Morgan fingerprint density at radius 3 is 2.44 bits per heavy atom. The SMILES string of the molecule is CN=C(NC)NCC(F)(F)c1ccccc1. The summed E-state index contributed by atoms with van der Waals surface area (Å²) in [7, 11) is 3.15. The van der Waals surface area contributed by atoms with Gasteiger partial charge < -0.3 is 10.6 Å². The van der Waals surface area contributed by atoms with Crippen molar-refractivity contribution in [3.05, 3.63) is 35.9 Å².